The van der Waals surface area contributed by atoms with Gasteiger partial charge in [-0.3, -0.25) is 9.67 Å². The van der Waals surface area contributed by atoms with Crippen molar-refractivity contribution in [3.05, 3.63) is 24.3 Å². The summed E-state index contributed by atoms with van der Waals surface area (Å²) in [6, 6.07) is 7.36. The Bertz CT molecular complexity index is 196. The molecule has 1 aromatic rings. The second kappa shape index (κ2) is 5.07. The Labute approximate surface area is 74.8 Å². The molecule has 0 bridgehead atoms. The minimum atomic E-state index is 0. The molecule has 0 amide bonds. The van der Waals surface area contributed by atoms with Crippen LogP contribution in [0.4, 0.5) is 11.4 Å². The van der Waals surface area contributed by atoms with Crippen molar-refractivity contribution in [2.75, 3.05) is 9.67 Å². The lowest BCUT2D eigenvalue weighted by Gasteiger charge is -2.02. The lowest BCUT2D eigenvalue weighted by atomic mass is 10.3. The van der Waals surface area contributed by atoms with Crippen molar-refractivity contribution in [3.63, 3.8) is 0 Å². The molecule has 3 nitrogen and oxygen atoms in total. The lowest BCUT2D eigenvalue weighted by molar-refractivity contribution is 0.824. The third kappa shape index (κ3) is 2.46. The van der Waals surface area contributed by atoms with Gasteiger partial charge in [0.1, 0.15) is 0 Å². The maximum Gasteiger partial charge on any atom is 0.0735 e. The van der Waals surface area contributed by atoms with Crippen molar-refractivity contribution in [1.82, 2.24) is 0 Å². The zero-order chi connectivity index (χ0) is 7.40. The summed E-state index contributed by atoms with van der Waals surface area (Å²) in [6.45, 7) is 0. The number of hydrogen-bond donors (Lipinski definition) is 2. The average Bonchev–Trinajstić information content (AvgIpc) is 2.04. The van der Waals surface area contributed by atoms with E-state index in [2.05, 4.69) is 9.67 Å². The zero-order valence-electron chi connectivity index (χ0n) is 5.57. The number of halogens is 2. The van der Waals surface area contributed by atoms with Crippen molar-refractivity contribution >= 4 is 34.9 Å². The molecule has 0 saturated heterocycles. The first-order valence-electron chi connectivity index (χ1n) is 2.71. The molecule has 0 aliphatic rings. The van der Waals surface area contributed by atoms with Crippen molar-refractivity contribution in [3.8, 4) is 0 Å². The summed E-state index contributed by atoms with van der Waals surface area (Å²) in [7, 11) is 0. The van der Waals surface area contributed by atoms with E-state index in [1.54, 1.807) is 0 Å². The normalized spacial score (nSPS) is 8.18. The highest BCUT2D eigenvalue weighted by Gasteiger charge is 1.95. The molecule has 0 spiro atoms. The highest BCUT2D eigenvalue weighted by atomic mass is 35.5. The molecule has 0 aromatic heterocycles. The van der Waals surface area contributed by atoms with Crippen LogP contribution in [0, 0.1) is 0 Å². The maximum atomic E-state index is 5.36. The average molecular weight is 195 g/mol. The highest BCUT2D eigenvalue weighted by molar-refractivity contribution is 6.28. The van der Waals surface area contributed by atoms with Gasteiger partial charge in [-0.15, -0.1) is 0 Å². The van der Waals surface area contributed by atoms with Crippen LogP contribution < -0.4 is 9.67 Å². The molecule has 0 aliphatic heterocycles. The van der Waals surface area contributed by atoms with E-state index in [0.29, 0.717) is 0 Å². The number of anilines is 2. The summed E-state index contributed by atoms with van der Waals surface area (Å²) in [5.74, 6) is 0. The molecule has 11 heavy (non-hydrogen) atoms. The molecule has 0 radical (unpaired) electrons. The predicted molar refractivity (Wildman–Crippen MR) is 49.0 cm³/mol. The molecule has 4 N–H and O–H groups in total. The first kappa shape index (κ1) is 10.4. The summed E-state index contributed by atoms with van der Waals surface area (Å²) < 4.78 is 0. The largest absolute Gasteiger partial charge is 0.412 e. The molecule has 0 aliphatic carbocycles. The summed E-state index contributed by atoms with van der Waals surface area (Å²) in [5.41, 5.74) is 1.53. The minimum Gasteiger partial charge on any atom is -0.412 e. The van der Waals surface area contributed by atoms with Crippen LogP contribution in [0.5, 0.6) is 0 Å². The fourth-order valence-corrected chi connectivity index (χ4v) is 0.978. The van der Waals surface area contributed by atoms with E-state index < -0.39 is 0 Å². The maximum absolute atomic E-state index is 5.36. The van der Waals surface area contributed by atoms with Crippen LogP contribution in [-0.4, -0.2) is 5.48 Å². The predicted octanol–water partition coefficient (Wildman–Crippen LogP) is 1.99. The second-order valence-electron chi connectivity index (χ2n) is 1.73. The molecule has 0 fully saturated rings. The van der Waals surface area contributed by atoms with Crippen LogP contribution in [-0.2, 0) is 0 Å². The molecule has 62 valence electrons. The topological polar surface area (TPSA) is 55.6 Å². The number of para-hydroxylation sites is 2. The Morgan fingerprint density at radius 2 is 1.27 bits per heavy atom. The van der Waals surface area contributed by atoms with E-state index in [0.717, 1.165) is 11.4 Å². The Morgan fingerprint density at radius 1 is 0.909 bits per heavy atom. The Hall–Kier alpha value is -0.640. The number of hydrogen-bond acceptors (Lipinski definition) is 2. The number of rotatable bonds is 2. The van der Waals surface area contributed by atoms with Gasteiger partial charge in [-0.05, 0) is 12.1 Å². The number of benzene rings is 1. The van der Waals surface area contributed by atoms with Gasteiger partial charge in [0.25, 0.3) is 0 Å². The Kier molecular flexibility index (Phi) is 4.77. The summed E-state index contributed by atoms with van der Waals surface area (Å²) >= 11 is 10.7. The van der Waals surface area contributed by atoms with Crippen molar-refractivity contribution in [2.24, 2.45) is 0 Å². The molecular formula is C6H8Cl2N2O. The van der Waals surface area contributed by atoms with Gasteiger partial charge < -0.3 is 5.48 Å². The van der Waals surface area contributed by atoms with Crippen LogP contribution in [0.1, 0.15) is 0 Å². The van der Waals surface area contributed by atoms with Crippen LogP contribution in [0.15, 0.2) is 24.3 Å². The quantitative estimate of drug-likeness (QED) is 0.709. The standard InChI is InChI=1S/C6H6Cl2N2.H2O/c7-9-5-3-1-2-4-6(5)10-8;/h1-4,9-10H;1H2. The van der Waals surface area contributed by atoms with Gasteiger partial charge in [-0.25, -0.2) is 0 Å². The van der Waals surface area contributed by atoms with Gasteiger partial charge in [0.15, 0.2) is 0 Å². The third-order valence-electron chi connectivity index (χ3n) is 1.13. The van der Waals surface area contributed by atoms with Crippen molar-refractivity contribution in [2.45, 2.75) is 0 Å². The van der Waals surface area contributed by atoms with Crippen LogP contribution >= 0.6 is 23.6 Å². The summed E-state index contributed by atoms with van der Waals surface area (Å²) in [5, 5.41) is 0. The molecular weight excluding hydrogens is 187 g/mol. The van der Waals surface area contributed by atoms with Gasteiger partial charge in [0.2, 0.25) is 0 Å². The van der Waals surface area contributed by atoms with E-state index >= 15 is 0 Å². The first-order valence-corrected chi connectivity index (χ1v) is 3.46. The zero-order valence-corrected chi connectivity index (χ0v) is 7.08. The third-order valence-corrected chi connectivity index (χ3v) is 1.54. The summed E-state index contributed by atoms with van der Waals surface area (Å²) in [6.07, 6.45) is 0. The molecule has 0 atom stereocenters. The molecule has 0 heterocycles. The monoisotopic (exact) mass is 194 g/mol. The first-order chi connectivity index (χ1) is 4.88. The van der Waals surface area contributed by atoms with E-state index in [1.165, 1.54) is 0 Å². The van der Waals surface area contributed by atoms with E-state index in [9.17, 15) is 0 Å². The lowest BCUT2D eigenvalue weighted by Crippen LogP contribution is -1.86. The van der Waals surface area contributed by atoms with Crippen molar-refractivity contribution < 1.29 is 5.48 Å². The summed E-state index contributed by atoms with van der Waals surface area (Å²) in [4.78, 5) is 4.94. The highest BCUT2D eigenvalue weighted by Crippen LogP contribution is 2.21. The molecule has 1 rings (SSSR count). The molecule has 0 unspecified atom stereocenters. The van der Waals surface area contributed by atoms with E-state index in [1.807, 2.05) is 24.3 Å². The molecule has 0 saturated carbocycles. The van der Waals surface area contributed by atoms with Crippen LogP contribution in [0.2, 0.25) is 0 Å². The minimum absolute atomic E-state index is 0. The fourth-order valence-electron chi connectivity index (χ4n) is 0.648. The van der Waals surface area contributed by atoms with Gasteiger partial charge in [-0.2, -0.15) is 0 Å². The van der Waals surface area contributed by atoms with E-state index in [4.69, 9.17) is 23.6 Å². The van der Waals surface area contributed by atoms with Gasteiger partial charge in [0, 0.05) is 23.6 Å². The van der Waals surface area contributed by atoms with Crippen LogP contribution in [0.3, 0.4) is 0 Å². The second-order valence-corrected chi connectivity index (χ2v) is 2.11. The number of nitrogens with one attached hydrogen (secondary N) is 2. The van der Waals surface area contributed by atoms with Gasteiger partial charge in [0.05, 0.1) is 11.4 Å². The van der Waals surface area contributed by atoms with Crippen molar-refractivity contribution in [1.29, 1.82) is 0 Å². The molecule has 1 aromatic carbocycles. The molecule has 5 heteroatoms. The van der Waals surface area contributed by atoms with Gasteiger partial charge in [-0.1, -0.05) is 12.1 Å². The Balaban J connectivity index is 0.000001000. The Morgan fingerprint density at radius 3 is 1.55 bits per heavy atom. The van der Waals surface area contributed by atoms with E-state index in [-0.39, 0.29) is 5.48 Å². The van der Waals surface area contributed by atoms with Gasteiger partial charge >= 0.3 is 0 Å². The SMILES string of the molecule is ClNc1ccccc1NCl.O. The van der Waals surface area contributed by atoms with Crippen LogP contribution in [0.25, 0.3) is 0 Å². The fraction of sp³-hybridized carbons (Fsp3) is 0. The smallest absolute Gasteiger partial charge is 0.0735 e.